The molecule has 2 aromatic rings. The number of aliphatic hydroxyl groups is 1. The third-order valence-electron chi connectivity index (χ3n) is 4.75. The van der Waals surface area contributed by atoms with E-state index in [1.165, 1.54) is 17.0 Å². The number of benzene rings is 1. The smallest absolute Gasteiger partial charge is 0.394 e. The molecule has 1 aliphatic heterocycles. The molecule has 1 aliphatic rings. The molecule has 2 amide bonds. The molecule has 3 N–H and O–H groups in total. The van der Waals surface area contributed by atoms with E-state index in [0.717, 1.165) is 11.6 Å². The van der Waals surface area contributed by atoms with Gasteiger partial charge in [-0.15, -0.1) is 0 Å². The Morgan fingerprint density at radius 2 is 2.06 bits per heavy atom. The molecule has 2 unspecified atom stereocenters. The number of halogens is 5. The summed E-state index contributed by atoms with van der Waals surface area (Å²) in [7, 11) is 0. The highest BCUT2D eigenvalue weighted by Gasteiger charge is 2.43. The van der Waals surface area contributed by atoms with Gasteiger partial charge in [0.05, 0.1) is 28.9 Å². The van der Waals surface area contributed by atoms with Crippen molar-refractivity contribution < 1.29 is 23.1 Å². The van der Waals surface area contributed by atoms with E-state index in [0.29, 0.717) is 12.1 Å². The van der Waals surface area contributed by atoms with Crippen molar-refractivity contribution in [2.45, 2.75) is 38.1 Å². The number of urea groups is 1. The van der Waals surface area contributed by atoms with Crippen molar-refractivity contribution in [3.63, 3.8) is 0 Å². The lowest BCUT2D eigenvalue weighted by Crippen LogP contribution is -2.47. The number of carbonyl (C=O) groups is 1. The van der Waals surface area contributed by atoms with Crippen LogP contribution in [-0.4, -0.2) is 51.4 Å². The number of anilines is 1. The van der Waals surface area contributed by atoms with Crippen LogP contribution in [0.2, 0.25) is 10.0 Å². The van der Waals surface area contributed by atoms with Gasteiger partial charge in [-0.05, 0) is 36.6 Å². The van der Waals surface area contributed by atoms with Gasteiger partial charge in [0, 0.05) is 18.8 Å². The molecule has 7 nitrogen and oxygen atoms in total. The van der Waals surface area contributed by atoms with Crippen LogP contribution in [0.15, 0.2) is 24.4 Å². The molecule has 0 saturated heterocycles. The minimum atomic E-state index is -4.74. The van der Waals surface area contributed by atoms with Crippen molar-refractivity contribution in [1.82, 2.24) is 20.2 Å². The first-order valence-corrected chi connectivity index (χ1v) is 10.1. The van der Waals surface area contributed by atoms with E-state index in [1.807, 2.05) is 5.32 Å². The average Bonchev–Trinajstić information content (AvgIpc) is 2.72. The number of nitrogens with zero attached hydrogens (tertiary/aromatic N) is 3. The molecule has 12 heteroatoms. The van der Waals surface area contributed by atoms with Crippen molar-refractivity contribution in [3.05, 3.63) is 51.3 Å². The second-order valence-corrected chi connectivity index (χ2v) is 7.98. The number of hydrogen-bond acceptors (Lipinski definition) is 5. The Bertz CT molecular complexity index is 961. The summed E-state index contributed by atoms with van der Waals surface area (Å²) in [5.41, 5.74) is 1.12. The molecule has 0 spiro atoms. The summed E-state index contributed by atoms with van der Waals surface area (Å²) in [4.78, 5) is 22.4. The Morgan fingerprint density at radius 1 is 1.32 bits per heavy atom. The third kappa shape index (κ3) is 5.69. The molecule has 31 heavy (non-hydrogen) atoms. The molecule has 0 saturated carbocycles. The Balaban J connectivity index is 1.76. The summed E-state index contributed by atoms with van der Waals surface area (Å²) in [5.74, 6) is 0.270. The zero-order valence-corrected chi connectivity index (χ0v) is 17.9. The summed E-state index contributed by atoms with van der Waals surface area (Å²) in [6.45, 7) is 1.86. The second-order valence-electron chi connectivity index (χ2n) is 7.16. The first kappa shape index (κ1) is 23.4. The summed E-state index contributed by atoms with van der Waals surface area (Å²) in [5, 5.41) is 14.2. The molecule has 1 aromatic carbocycles. The van der Waals surface area contributed by atoms with Gasteiger partial charge < -0.3 is 20.6 Å². The zero-order chi connectivity index (χ0) is 22.8. The Hall–Kier alpha value is -2.30. The topological polar surface area (TPSA) is 90.4 Å². The summed E-state index contributed by atoms with van der Waals surface area (Å²) < 4.78 is 41.0. The van der Waals surface area contributed by atoms with Crippen LogP contribution in [-0.2, 0) is 13.0 Å². The van der Waals surface area contributed by atoms with Crippen LogP contribution in [0.3, 0.4) is 0 Å². The standard InChI is InChI=1S/C19H20Cl2F3N5O2/c1-10(9-30)26-17-25-7-12-4-5-29(8-15(12)27-17)18(31)28-16(19(22,23)24)11-2-3-13(20)14(21)6-11/h2-3,6-7,10,16,30H,4-5,8-9H2,1H3,(H,28,31)(H,25,26,27). The highest BCUT2D eigenvalue weighted by molar-refractivity contribution is 6.42. The number of alkyl halides is 3. The Kier molecular flexibility index (Phi) is 7.13. The van der Waals surface area contributed by atoms with Gasteiger partial charge >= 0.3 is 12.2 Å². The van der Waals surface area contributed by atoms with Crippen LogP contribution >= 0.6 is 23.2 Å². The summed E-state index contributed by atoms with van der Waals surface area (Å²) >= 11 is 11.6. The van der Waals surface area contributed by atoms with Crippen LogP contribution in [0.5, 0.6) is 0 Å². The molecule has 168 valence electrons. The van der Waals surface area contributed by atoms with E-state index in [4.69, 9.17) is 28.3 Å². The number of carbonyl (C=O) groups excluding carboxylic acids is 1. The predicted molar refractivity (Wildman–Crippen MR) is 110 cm³/mol. The maximum absolute atomic E-state index is 13.7. The first-order chi connectivity index (χ1) is 14.6. The fraction of sp³-hybridized carbons (Fsp3) is 0.421. The number of rotatable bonds is 5. The highest BCUT2D eigenvalue weighted by atomic mass is 35.5. The van der Waals surface area contributed by atoms with Crippen molar-refractivity contribution >= 4 is 35.2 Å². The maximum Gasteiger partial charge on any atom is 0.412 e. The summed E-state index contributed by atoms with van der Waals surface area (Å²) in [6.07, 6.45) is -2.72. The van der Waals surface area contributed by atoms with Crippen LogP contribution in [0.1, 0.15) is 29.8 Å². The summed E-state index contributed by atoms with van der Waals surface area (Å²) in [6, 6.07) is 0.104. The van der Waals surface area contributed by atoms with Crippen molar-refractivity contribution in [1.29, 1.82) is 0 Å². The molecule has 0 radical (unpaired) electrons. The van der Waals surface area contributed by atoms with Crippen LogP contribution < -0.4 is 10.6 Å². The number of hydrogen-bond donors (Lipinski definition) is 3. The molecule has 1 aromatic heterocycles. The van der Waals surface area contributed by atoms with Crippen LogP contribution in [0.4, 0.5) is 23.9 Å². The fourth-order valence-corrected chi connectivity index (χ4v) is 3.38. The van der Waals surface area contributed by atoms with Gasteiger partial charge in [-0.2, -0.15) is 13.2 Å². The highest BCUT2D eigenvalue weighted by Crippen LogP contribution is 2.35. The van der Waals surface area contributed by atoms with Gasteiger partial charge in [-0.25, -0.2) is 14.8 Å². The average molecular weight is 478 g/mol. The molecule has 2 atom stereocenters. The van der Waals surface area contributed by atoms with E-state index in [-0.39, 0.29) is 47.3 Å². The lowest BCUT2D eigenvalue weighted by Gasteiger charge is -2.31. The van der Waals surface area contributed by atoms with E-state index < -0.39 is 18.2 Å². The van der Waals surface area contributed by atoms with E-state index in [9.17, 15) is 18.0 Å². The van der Waals surface area contributed by atoms with E-state index in [2.05, 4.69) is 15.3 Å². The molecular formula is C19H20Cl2F3N5O2. The number of fused-ring (bicyclic) bond motifs is 1. The number of aromatic nitrogens is 2. The van der Waals surface area contributed by atoms with Gasteiger partial charge in [-0.3, -0.25) is 0 Å². The normalized spacial score (nSPS) is 15.8. The zero-order valence-electron chi connectivity index (χ0n) is 16.4. The van der Waals surface area contributed by atoms with Gasteiger partial charge in [-0.1, -0.05) is 29.3 Å². The molecule has 3 rings (SSSR count). The SMILES string of the molecule is CC(CO)Nc1ncc2c(n1)CN(C(=O)NC(c1ccc(Cl)c(Cl)c1)C(F)(F)F)CC2. The number of amides is 2. The lowest BCUT2D eigenvalue weighted by atomic mass is 10.1. The third-order valence-corrected chi connectivity index (χ3v) is 5.49. The van der Waals surface area contributed by atoms with Crippen LogP contribution in [0.25, 0.3) is 0 Å². The molecular weight excluding hydrogens is 458 g/mol. The molecule has 2 heterocycles. The largest absolute Gasteiger partial charge is 0.412 e. The first-order valence-electron chi connectivity index (χ1n) is 9.37. The Morgan fingerprint density at radius 3 is 2.71 bits per heavy atom. The maximum atomic E-state index is 13.7. The lowest BCUT2D eigenvalue weighted by molar-refractivity contribution is -0.155. The van der Waals surface area contributed by atoms with E-state index in [1.54, 1.807) is 13.1 Å². The molecule has 0 bridgehead atoms. The van der Waals surface area contributed by atoms with Crippen molar-refractivity contribution in [2.24, 2.45) is 0 Å². The van der Waals surface area contributed by atoms with Gasteiger partial charge in [0.1, 0.15) is 0 Å². The van der Waals surface area contributed by atoms with Gasteiger partial charge in [0.15, 0.2) is 6.04 Å². The molecule has 0 fully saturated rings. The quantitative estimate of drug-likeness (QED) is 0.606. The monoisotopic (exact) mass is 477 g/mol. The van der Waals surface area contributed by atoms with Crippen LogP contribution in [0, 0.1) is 0 Å². The second kappa shape index (κ2) is 9.46. The van der Waals surface area contributed by atoms with E-state index >= 15 is 0 Å². The van der Waals surface area contributed by atoms with Gasteiger partial charge in [0.2, 0.25) is 5.95 Å². The number of nitrogens with one attached hydrogen (secondary N) is 2. The van der Waals surface area contributed by atoms with Crippen molar-refractivity contribution in [2.75, 3.05) is 18.5 Å². The minimum absolute atomic E-state index is 0.0256. The molecule has 0 aliphatic carbocycles. The minimum Gasteiger partial charge on any atom is -0.394 e. The van der Waals surface area contributed by atoms with Gasteiger partial charge in [0.25, 0.3) is 0 Å². The number of aliphatic hydroxyl groups excluding tert-OH is 1. The fourth-order valence-electron chi connectivity index (χ4n) is 3.07. The Labute approximate surface area is 186 Å². The predicted octanol–water partition coefficient (Wildman–Crippen LogP) is 3.95. The van der Waals surface area contributed by atoms with Crippen molar-refractivity contribution in [3.8, 4) is 0 Å².